The average Bonchev–Trinajstić information content (AvgIpc) is 2.55. The predicted molar refractivity (Wildman–Crippen MR) is 68.6 cm³/mol. The molecular formula is C12H22O11. The Morgan fingerprint density at radius 1 is 0.565 bits per heavy atom. The van der Waals surface area contributed by atoms with E-state index < -0.39 is 74.6 Å². The maximum absolute atomic E-state index is 9.84. The van der Waals surface area contributed by atoms with Crippen LogP contribution in [0.2, 0.25) is 0 Å². The van der Waals surface area contributed by atoms with Crippen LogP contribution < -0.4 is 0 Å². The Bertz CT molecular complexity index is 344. The zero-order valence-corrected chi connectivity index (χ0v) is 12.0. The van der Waals surface area contributed by atoms with Gasteiger partial charge in [0.2, 0.25) is 0 Å². The monoisotopic (exact) mass is 342 g/mol. The third-order valence-electron chi connectivity index (χ3n) is 3.97. The average molecular weight is 342 g/mol. The van der Waals surface area contributed by atoms with Crippen molar-refractivity contribution in [2.24, 2.45) is 0 Å². The molecule has 11 nitrogen and oxygen atoms in total. The highest BCUT2D eigenvalue weighted by molar-refractivity contribution is 4.92. The molecule has 2 unspecified atom stereocenters. The van der Waals surface area contributed by atoms with Crippen molar-refractivity contribution >= 4 is 0 Å². The van der Waals surface area contributed by atoms with Crippen LogP contribution in [-0.2, 0) is 14.2 Å². The summed E-state index contributed by atoms with van der Waals surface area (Å²) in [5.74, 6) is 0. The lowest BCUT2D eigenvalue weighted by atomic mass is 9.98. The van der Waals surface area contributed by atoms with Crippen molar-refractivity contribution in [3.63, 3.8) is 0 Å². The van der Waals surface area contributed by atoms with Crippen molar-refractivity contribution in [1.29, 1.82) is 0 Å². The summed E-state index contributed by atoms with van der Waals surface area (Å²) in [6, 6.07) is 0. The smallest absolute Gasteiger partial charge is 0.189 e. The summed E-state index contributed by atoms with van der Waals surface area (Å²) in [5, 5.41) is 76.4. The number of aliphatic hydroxyl groups is 8. The topological polar surface area (TPSA) is 190 Å². The van der Waals surface area contributed by atoms with Gasteiger partial charge in [0.1, 0.15) is 48.8 Å². The Morgan fingerprint density at radius 3 is 1.22 bits per heavy atom. The highest BCUT2D eigenvalue weighted by Gasteiger charge is 2.49. The lowest BCUT2D eigenvalue weighted by Crippen LogP contribution is -2.63. The molecule has 136 valence electrons. The molecule has 0 bridgehead atoms. The molecular weight excluding hydrogens is 320 g/mol. The molecule has 2 heterocycles. The Morgan fingerprint density at radius 2 is 0.913 bits per heavy atom. The van der Waals surface area contributed by atoms with E-state index in [-0.39, 0.29) is 0 Å². The van der Waals surface area contributed by atoms with E-state index in [0.717, 1.165) is 0 Å². The molecule has 0 spiro atoms. The van der Waals surface area contributed by atoms with E-state index in [1.54, 1.807) is 0 Å². The van der Waals surface area contributed by atoms with Crippen molar-refractivity contribution in [2.75, 3.05) is 13.2 Å². The van der Waals surface area contributed by atoms with Crippen LogP contribution in [0.5, 0.6) is 0 Å². The van der Waals surface area contributed by atoms with E-state index in [9.17, 15) is 30.6 Å². The van der Waals surface area contributed by atoms with Crippen molar-refractivity contribution < 1.29 is 55.1 Å². The summed E-state index contributed by atoms with van der Waals surface area (Å²) in [4.78, 5) is 0. The Labute approximate surface area is 130 Å². The van der Waals surface area contributed by atoms with Crippen LogP contribution in [-0.4, -0.2) is 115 Å². The molecule has 8 N–H and O–H groups in total. The molecule has 0 aromatic heterocycles. The van der Waals surface area contributed by atoms with E-state index in [0.29, 0.717) is 0 Å². The molecule has 0 amide bonds. The van der Waals surface area contributed by atoms with Crippen LogP contribution in [0.1, 0.15) is 0 Å². The fourth-order valence-corrected chi connectivity index (χ4v) is 2.49. The first-order valence-corrected chi connectivity index (χ1v) is 7.08. The SMILES string of the molecule is OC[C@H]1OC(OC2O[C@H](CO)[C@@H](O)[C@H](O)[C@H]2O)[C@@H](O)[C@@H](O)[C@@H]1O. The van der Waals surface area contributed by atoms with Gasteiger partial charge in [-0.15, -0.1) is 0 Å². The highest BCUT2D eigenvalue weighted by atomic mass is 16.8. The Hall–Kier alpha value is -0.440. The molecule has 0 radical (unpaired) electrons. The van der Waals surface area contributed by atoms with Gasteiger partial charge >= 0.3 is 0 Å². The van der Waals surface area contributed by atoms with Crippen LogP contribution in [0, 0.1) is 0 Å². The number of hydrogen-bond donors (Lipinski definition) is 8. The van der Waals surface area contributed by atoms with Crippen molar-refractivity contribution in [3.8, 4) is 0 Å². The molecule has 2 aliphatic heterocycles. The Kier molecular flexibility index (Phi) is 6.27. The molecule has 23 heavy (non-hydrogen) atoms. The van der Waals surface area contributed by atoms with Gasteiger partial charge in [-0.2, -0.15) is 0 Å². The molecule has 0 aromatic rings. The molecule has 0 saturated carbocycles. The second-order valence-corrected chi connectivity index (χ2v) is 5.53. The van der Waals surface area contributed by atoms with Crippen LogP contribution in [0.15, 0.2) is 0 Å². The first kappa shape index (κ1) is 18.9. The second-order valence-electron chi connectivity index (χ2n) is 5.53. The van der Waals surface area contributed by atoms with E-state index in [4.69, 9.17) is 24.4 Å². The number of aliphatic hydroxyl groups excluding tert-OH is 8. The van der Waals surface area contributed by atoms with E-state index >= 15 is 0 Å². The summed E-state index contributed by atoms with van der Waals surface area (Å²) in [6.07, 6.45) is -15.6. The molecule has 2 saturated heterocycles. The first-order chi connectivity index (χ1) is 10.8. The zero-order valence-electron chi connectivity index (χ0n) is 12.0. The minimum Gasteiger partial charge on any atom is -0.394 e. The maximum atomic E-state index is 9.84. The van der Waals surface area contributed by atoms with Gasteiger partial charge in [-0.1, -0.05) is 0 Å². The number of ether oxygens (including phenoxy) is 3. The number of hydrogen-bond acceptors (Lipinski definition) is 11. The van der Waals surface area contributed by atoms with Gasteiger partial charge in [0.25, 0.3) is 0 Å². The predicted octanol–water partition coefficient (Wildman–Crippen LogP) is -5.40. The quantitative estimate of drug-likeness (QED) is 0.243. The van der Waals surface area contributed by atoms with Crippen LogP contribution in [0.3, 0.4) is 0 Å². The zero-order chi connectivity index (χ0) is 17.3. The fourth-order valence-electron chi connectivity index (χ4n) is 2.49. The summed E-state index contributed by atoms with van der Waals surface area (Å²) in [7, 11) is 0. The summed E-state index contributed by atoms with van der Waals surface area (Å²) in [6.45, 7) is -1.33. The van der Waals surface area contributed by atoms with Crippen LogP contribution in [0.25, 0.3) is 0 Å². The van der Waals surface area contributed by atoms with Crippen molar-refractivity contribution in [1.82, 2.24) is 0 Å². The van der Waals surface area contributed by atoms with E-state index in [1.807, 2.05) is 0 Å². The van der Waals surface area contributed by atoms with Gasteiger partial charge in [-0.3, -0.25) is 0 Å². The summed E-state index contributed by atoms with van der Waals surface area (Å²) >= 11 is 0. The van der Waals surface area contributed by atoms with Gasteiger partial charge in [-0.25, -0.2) is 0 Å². The van der Waals surface area contributed by atoms with Crippen LogP contribution >= 0.6 is 0 Å². The fraction of sp³-hybridized carbons (Fsp3) is 1.00. The molecule has 11 heteroatoms. The largest absolute Gasteiger partial charge is 0.394 e. The minimum atomic E-state index is -1.72. The molecule has 0 aliphatic carbocycles. The van der Waals surface area contributed by atoms with Gasteiger partial charge < -0.3 is 55.1 Å². The Balaban J connectivity index is 2.07. The van der Waals surface area contributed by atoms with Gasteiger partial charge in [0.15, 0.2) is 12.6 Å². The van der Waals surface area contributed by atoms with Crippen molar-refractivity contribution in [2.45, 2.75) is 61.4 Å². The van der Waals surface area contributed by atoms with Gasteiger partial charge in [0, 0.05) is 0 Å². The van der Waals surface area contributed by atoms with E-state index in [2.05, 4.69) is 0 Å². The molecule has 0 aromatic carbocycles. The maximum Gasteiger partial charge on any atom is 0.189 e. The first-order valence-electron chi connectivity index (χ1n) is 7.08. The molecule has 2 fully saturated rings. The summed E-state index contributed by atoms with van der Waals surface area (Å²) < 4.78 is 15.3. The van der Waals surface area contributed by atoms with E-state index in [1.165, 1.54) is 0 Å². The summed E-state index contributed by atoms with van der Waals surface area (Å²) in [5.41, 5.74) is 0. The lowest BCUT2D eigenvalue weighted by Gasteiger charge is -2.44. The third kappa shape index (κ3) is 3.65. The van der Waals surface area contributed by atoms with Gasteiger partial charge in [0.05, 0.1) is 13.2 Å². The molecule has 10 atom stereocenters. The minimum absolute atomic E-state index is 0.667. The van der Waals surface area contributed by atoms with Crippen LogP contribution in [0.4, 0.5) is 0 Å². The number of rotatable bonds is 4. The molecule has 2 rings (SSSR count). The third-order valence-corrected chi connectivity index (χ3v) is 3.97. The highest BCUT2D eigenvalue weighted by Crippen LogP contribution is 2.27. The molecule has 2 aliphatic rings. The standard InChI is InChI=1S/C12H22O11/c13-1-3-5(15)7(17)9(19)11(21-3)23-12-10(20)8(18)6(16)4(2-14)22-12/h3-20H,1-2H2/t3-,4-,5-,6-,7+,8+,9-,10+,11?,12?/m1/s1. The lowest BCUT2D eigenvalue weighted by molar-refractivity contribution is -0.376. The van der Waals surface area contributed by atoms with Gasteiger partial charge in [-0.05, 0) is 0 Å². The second kappa shape index (κ2) is 7.63. The van der Waals surface area contributed by atoms with Crippen molar-refractivity contribution in [3.05, 3.63) is 0 Å². The normalized spacial score (nSPS) is 51.7.